The van der Waals surface area contributed by atoms with Gasteiger partial charge >= 0.3 is 0 Å². The summed E-state index contributed by atoms with van der Waals surface area (Å²) < 4.78 is 7.21. The van der Waals surface area contributed by atoms with Gasteiger partial charge in [0.2, 0.25) is 5.91 Å². The van der Waals surface area contributed by atoms with E-state index in [4.69, 9.17) is 4.74 Å². The van der Waals surface area contributed by atoms with Crippen molar-refractivity contribution in [3.8, 4) is 16.2 Å². The molecule has 5 rings (SSSR count). The first-order chi connectivity index (χ1) is 15.1. The molecule has 6 nitrogen and oxygen atoms in total. The Morgan fingerprint density at radius 1 is 1.26 bits per heavy atom. The van der Waals surface area contributed by atoms with Crippen LogP contribution in [-0.2, 0) is 11.3 Å². The Bertz CT molecular complexity index is 1280. The van der Waals surface area contributed by atoms with E-state index in [1.54, 1.807) is 18.4 Å². The zero-order valence-corrected chi connectivity index (χ0v) is 18.6. The van der Waals surface area contributed by atoms with Gasteiger partial charge in [-0.2, -0.15) is 0 Å². The molecule has 1 saturated heterocycles. The molecule has 8 heteroatoms. The number of hydrogen-bond donors (Lipinski definition) is 0. The number of methoxy groups -OCH3 is 1. The maximum Gasteiger partial charge on any atom is 0.271 e. The first-order valence-corrected chi connectivity index (χ1v) is 11.8. The summed E-state index contributed by atoms with van der Waals surface area (Å²) in [6.45, 7) is 0.742. The van der Waals surface area contributed by atoms with Crippen molar-refractivity contribution in [2.45, 2.75) is 25.4 Å². The number of carbonyl (C=O) groups excluding carboxylic acids is 1. The molecule has 0 radical (unpaired) electrons. The topological polar surface area (TPSA) is 64.4 Å². The van der Waals surface area contributed by atoms with E-state index in [0.29, 0.717) is 10.2 Å². The highest BCUT2D eigenvalue weighted by molar-refractivity contribution is 7.22. The molecule has 1 aliphatic heterocycles. The minimum absolute atomic E-state index is 0.0133. The van der Waals surface area contributed by atoms with E-state index in [-0.39, 0.29) is 24.1 Å². The quantitative estimate of drug-likeness (QED) is 0.446. The highest BCUT2D eigenvalue weighted by atomic mass is 32.1. The summed E-state index contributed by atoms with van der Waals surface area (Å²) in [7, 11) is 1.63. The SMILES string of the molecule is COc1ccc(-c2cc3ncn(CC(=O)N4CCCC4c4cccs4)c(=O)c3s2)cc1. The van der Waals surface area contributed by atoms with Crippen molar-refractivity contribution in [2.75, 3.05) is 13.7 Å². The molecule has 1 aliphatic rings. The lowest BCUT2D eigenvalue weighted by molar-refractivity contribution is -0.132. The second kappa shape index (κ2) is 8.28. The van der Waals surface area contributed by atoms with Gasteiger partial charge in [0.15, 0.2) is 0 Å². The predicted molar refractivity (Wildman–Crippen MR) is 124 cm³/mol. The van der Waals surface area contributed by atoms with Crippen LogP contribution in [0, 0.1) is 0 Å². The molecule has 1 amide bonds. The van der Waals surface area contributed by atoms with Crippen LogP contribution in [0.15, 0.2) is 59.0 Å². The normalized spacial score (nSPS) is 16.2. The van der Waals surface area contributed by atoms with E-state index in [9.17, 15) is 9.59 Å². The summed E-state index contributed by atoms with van der Waals surface area (Å²) in [6.07, 6.45) is 3.44. The molecule has 4 heterocycles. The third kappa shape index (κ3) is 3.77. The first-order valence-electron chi connectivity index (χ1n) is 10.1. The molecule has 0 N–H and O–H groups in total. The Morgan fingerprint density at radius 3 is 2.84 bits per heavy atom. The molecule has 3 aromatic heterocycles. The van der Waals surface area contributed by atoms with Crippen LogP contribution in [-0.4, -0.2) is 34.0 Å². The van der Waals surface area contributed by atoms with Gasteiger partial charge in [0, 0.05) is 16.3 Å². The Labute approximate surface area is 187 Å². The number of aromatic nitrogens is 2. The van der Waals surface area contributed by atoms with E-state index < -0.39 is 0 Å². The largest absolute Gasteiger partial charge is 0.497 e. The van der Waals surface area contributed by atoms with Crippen LogP contribution in [0.5, 0.6) is 5.75 Å². The molecule has 1 aromatic carbocycles. The summed E-state index contributed by atoms with van der Waals surface area (Å²) in [5.74, 6) is 0.748. The van der Waals surface area contributed by atoms with Gasteiger partial charge in [-0.1, -0.05) is 6.07 Å². The number of carbonyl (C=O) groups is 1. The fourth-order valence-electron chi connectivity index (χ4n) is 4.03. The number of fused-ring (bicyclic) bond motifs is 1. The van der Waals surface area contributed by atoms with Crippen LogP contribution < -0.4 is 10.3 Å². The highest BCUT2D eigenvalue weighted by Gasteiger charge is 2.30. The van der Waals surface area contributed by atoms with Gasteiger partial charge in [-0.05, 0) is 60.2 Å². The third-order valence-electron chi connectivity index (χ3n) is 5.63. The molecule has 1 atom stereocenters. The van der Waals surface area contributed by atoms with Gasteiger partial charge in [-0.3, -0.25) is 14.2 Å². The Morgan fingerprint density at radius 2 is 2.10 bits per heavy atom. The van der Waals surface area contributed by atoms with Gasteiger partial charge in [-0.15, -0.1) is 22.7 Å². The van der Waals surface area contributed by atoms with E-state index in [0.717, 1.165) is 35.6 Å². The number of benzene rings is 1. The Kier molecular flexibility index (Phi) is 5.33. The standard InChI is InChI=1S/C23H21N3O3S2/c1-29-16-8-6-15(7-9-16)20-12-17-22(31-20)23(28)25(14-24-17)13-21(27)26-10-2-4-18(26)19-5-3-11-30-19/h3,5-9,11-12,14,18H,2,4,10,13H2,1H3. The first kappa shape index (κ1) is 20.0. The number of rotatable bonds is 5. The van der Waals surface area contributed by atoms with Crippen molar-refractivity contribution in [1.29, 1.82) is 0 Å². The Balaban J connectivity index is 1.41. The average molecular weight is 452 g/mol. The van der Waals surface area contributed by atoms with Gasteiger partial charge in [0.05, 0.1) is 25.0 Å². The van der Waals surface area contributed by atoms with Crippen molar-refractivity contribution in [2.24, 2.45) is 0 Å². The monoisotopic (exact) mass is 451 g/mol. The summed E-state index contributed by atoms with van der Waals surface area (Å²) in [6, 6.07) is 13.8. The summed E-state index contributed by atoms with van der Waals surface area (Å²) in [4.78, 5) is 34.6. The lowest BCUT2D eigenvalue weighted by Gasteiger charge is -2.24. The summed E-state index contributed by atoms with van der Waals surface area (Å²) >= 11 is 3.08. The molecule has 1 fully saturated rings. The number of thiophene rings is 2. The second-order valence-electron chi connectivity index (χ2n) is 7.49. The molecule has 1 unspecified atom stereocenters. The van der Waals surface area contributed by atoms with Crippen LogP contribution in [0.4, 0.5) is 0 Å². The predicted octanol–water partition coefficient (Wildman–Crippen LogP) is 4.56. The van der Waals surface area contributed by atoms with Gasteiger partial charge in [-0.25, -0.2) is 4.98 Å². The second-order valence-corrected chi connectivity index (χ2v) is 9.52. The van der Waals surface area contributed by atoms with E-state index in [1.165, 1.54) is 27.1 Å². The zero-order valence-electron chi connectivity index (χ0n) is 17.0. The zero-order chi connectivity index (χ0) is 21.4. The molecule has 0 saturated carbocycles. The lowest BCUT2D eigenvalue weighted by atomic mass is 10.2. The number of amides is 1. The van der Waals surface area contributed by atoms with Crippen molar-refractivity contribution in [3.63, 3.8) is 0 Å². The molecular formula is C23H21N3O3S2. The molecule has 0 aliphatic carbocycles. The van der Waals surface area contributed by atoms with Crippen LogP contribution in [0.25, 0.3) is 20.7 Å². The van der Waals surface area contributed by atoms with Crippen LogP contribution in [0.2, 0.25) is 0 Å². The van der Waals surface area contributed by atoms with Gasteiger partial charge in [0.25, 0.3) is 5.56 Å². The highest BCUT2D eigenvalue weighted by Crippen LogP contribution is 2.35. The summed E-state index contributed by atoms with van der Waals surface area (Å²) in [5, 5.41) is 2.04. The van der Waals surface area contributed by atoms with Crippen LogP contribution in [0.3, 0.4) is 0 Å². The van der Waals surface area contributed by atoms with Crippen LogP contribution >= 0.6 is 22.7 Å². The Hall–Kier alpha value is -2.97. The van der Waals surface area contributed by atoms with E-state index in [2.05, 4.69) is 11.1 Å². The molecule has 0 bridgehead atoms. The fraction of sp³-hybridized carbons (Fsp3) is 0.261. The van der Waals surface area contributed by atoms with Crippen molar-refractivity contribution < 1.29 is 9.53 Å². The number of nitrogens with zero attached hydrogens (tertiary/aromatic N) is 3. The molecule has 31 heavy (non-hydrogen) atoms. The van der Waals surface area contributed by atoms with Crippen molar-refractivity contribution in [3.05, 3.63) is 69.4 Å². The van der Waals surface area contributed by atoms with E-state index >= 15 is 0 Å². The number of hydrogen-bond acceptors (Lipinski definition) is 6. The maximum atomic E-state index is 13.1. The molecule has 4 aromatic rings. The lowest BCUT2D eigenvalue weighted by Crippen LogP contribution is -2.35. The molecular weight excluding hydrogens is 430 g/mol. The van der Waals surface area contributed by atoms with Gasteiger partial charge in [0.1, 0.15) is 17.0 Å². The van der Waals surface area contributed by atoms with Gasteiger partial charge < -0.3 is 9.64 Å². The number of likely N-dealkylation sites (tertiary alicyclic amines) is 1. The van der Waals surface area contributed by atoms with Crippen LogP contribution in [0.1, 0.15) is 23.8 Å². The molecule has 158 valence electrons. The minimum Gasteiger partial charge on any atom is -0.497 e. The average Bonchev–Trinajstić information content (AvgIpc) is 3.55. The third-order valence-corrected chi connectivity index (χ3v) is 7.76. The summed E-state index contributed by atoms with van der Waals surface area (Å²) in [5.41, 5.74) is 1.49. The van der Waals surface area contributed by atoms with E-state index in [1.807, 2.05) is 46.7 Å². The van der Waals surface area contributed by atoms with Crippen molar-refractivity contribution >= 4 is 38.8 Å². The van der Waals surface area contributed by atoms with Crippen molar-refractivity contribution in [1.82, 2.24) is 14.5 Å². The molecule has 0 spiro atoms. The smallest absolute Gasteiger partial charge is 0.271 e. The maximum absolute atomic E-state index is 13.1. The number of ether oxygens (including phenoxy) is 1. The fourth-order valence-corrected chi connectivity index (χ4v) is 5.97. The minimum atomic E-state index is -0.171.